The van der Waals surface area contributed by atoms with Gasteiger partial charge in [0.2, 0.25) is 0 Å². The Hall–Kier alpha value is -1.66. The lowest BCUT2D eigenvalue weighted by Crippen LogP contribution is -2.42. The predicted octanol–water partition coefficient (Wildman–Crippen LogP) is 2.27. The quantitative estimate of drug-likeness (QED) is 0.754. The fourth-order valence-electron chi connectivity index (χ4n) is 3.08. The summed E-state index contributed by atoms with van der Waals surface area (Å²) in [5.74, 6) is 0.122. The molecule has 2 N–H and O–H groups in total. The van der Waals surface area contributed by atoms with Gasteiger partial charge in [0.15, 0.2) is 0 Å². The number of halogens is 1. The minimum Gasteiger partial charge on any atom is -0.497 e. The Kier molecular flexibility index (Phi) is 7.65. The second-order valence-corrected chi connectivity index (χ2v) is 6.98. The van der Waals surface area contributed by atoms with Crippen LogP contribution in [0.4, 0.5) is 4.39 Å². The molecule has 1 amide bonds. The third-order valence-electron chi connectivity index (χ3n) is 4.61. The molecule has 25 heavy (non-hydrogen) atoms. The number of piperidine rings is 1. The molecule has 1 aliphatic heterocycles. The van der Waals surface area contributed by atoms with Gasteiger partial charge in [-0.15, -0.1) is 0 Å². The van der Waals surface area contributed by atoms with Crippen molar-refractivity contribution >= 4 is 5.91 Å². The Morgan fingerprint density at radius 3 is 2.68 bits per heavy atom. The van der Waals surface area contributed by atoms with E-state index in [9.17, 15) is 9.18 Å². The van der Waals surface area contributed by atoms with Crippen LogP contribution >= 0.6 is 0 Å². The van der Waals surface area contributed by atoms with Crippen LogP contribution in [0.3, 0.4) is 0 Å². The minimum absolute atomic E-state index is 0.249. The van der Waals surface area contributed by atoms with Gasteiger partial charge in [0.25, 0.3) is 5.91 Å². The van der Waals surface area contributed by atoms with E-state index in [-0.39, 0.29) is 5.91 Å². The van der Waals surface area contributed by atoms with Crippen LogP contribution in [0.15, 0.2) is 18.2 Å². The van der Waals surface area contributed by atoms with Crippen molar-refractivity contribution in [2.75, 3.05) is 39.8 Å². The summed E-state index contributed by atoms with van der Waals surface area (Å²) in [6.07, 6.45) is 2.16. The van der Waals surface area contributed by atoms with Gasteiger partial charge in [0, 0.05) is 37.3 Å². The molecule has 1 heterocycles. The van der Waals surface area contributed by atoms with Gasteiger partial charge < -0.3 is 20.3 Å². The van der Waals surface area contributed by atoms with E-state index in [2.05, 4.69) is 29.4 Å². The summed E-state index contributed by atoms with van der Waals surface area (Å²) >= 11 is 0. The van der Waals surface area contributed by atoms with Gasteiger partial charge in [0.1, 0.15) is 11.6 Å². The molecule has 0 aliphatic carbocycles. The molecule has 1 aromatic carbocycles. The number of methoxy groups -OCH3 is 1. The number of hydrogen-bond donors (Lipinski definition) is 2. The van der Waals surface area contributed by atoms with Crippen molar-refractivity contribution in [3.8, 4) is 5.75 Å². The number of benzene rings is 1. The lowest BCUT2D eigenvalue weighted by molar-refractivity contribution is 0.0935. The van der Waals surface area contributed by atoms with Crippen LogP contribution in [0.1, 0.15) is 37.0 Å². The van der Waals surface area contributed by atoms with Crippen LogP contribution in [-0.4, -0.2) is 56.7 Å². The molecule has 0 bridgehead atoms. The van der Waals surface area contributed by atoms with E-state index < -0.39 is 5.82 Å². The maximum absolute atomic E-state index is 13.5. The lowest BCUT2D eigenvalue weighted by Gasteiger charge is -2.32. The van der Waals surface area contributed by atoms with Crippen molar-refractivity contribution in [2.24, 2.45) is 5.92 Å². The van der Waals surface area contributed by atoms with Gasteiger partial charge in [-0.05, 0) is 44.0 Å². The molecule has 0 saturated carbocycles. The molecule has 1 fully saturated rings. The summed E-state index contributed by atoms with van der Waals surface area (Å²) in [5, 5.41) is 6.36. The number of nitrogens with zero attached hydrogens (tertiary/aromatic N) is 1. The Morgan fingerprint density at radius 2 is 2.04 bits per heavy atom. The number of carbonyl (C=O) groups excluding carboxylic acids is 1. The number of hydrogen-bond acceptors (Lipinski definition) is 4. The molecule has 0 radical (unpaired) electrons. The first kappa shape index (κ1) is 19.7. The highest BCUT2D eigenvalue weighted by atomic mass is 19.1. The molecule has 0 atom stereocenters. The summed E-state index contributed by atoms with van der Waals surface area (Å²) in [5.41, 5.74) is 0.300. The number of ether oxygens (including phenoxy) is 1. The highest BCUT2D eigenvalue weighted by Gasteiger charge is 2.20. The van der Waals surface area contributed by atoms with Crippen molar-refractivity contribution in [2.45, 2.75) is 32.7 Å². The van der Waals surface area contributed by atoms with Crippen molar-refractivity contribution < 1.29 is 13.9 Å². The first-order valence-electron chi connectivity index (χ1n) is 9.06. The molecular formula is C19H30FN3O2. The number of carbonyl (C=O) groups is 1. The maximum atomic E-state index is 13.5. The maximum Gasteiger partial charge on any atom is 0.251 e. The number of likely N-dealkylation sites (tertiary alicyclic amines) is 1. The molecular weight excluding hydrogens is 321 g/mol. The van der Waals surface area contributed by atoms with Crippen LogP contribution in [-0.2, 0) is 0 Å². The zero-order valence-corrected chi connectivity index (χ0v) is 15.5. The first-order valence-corrected chi connectivity index (χ1v) is 9.06. The average molecular weight is 351 g/mol. The van der Waals surface area contributed by atoms with E-state index in [1.807, 2.05) is 0 Å². The molecule has 1 aromatic rings. The summed E-state index contributed by atoms with van der Waals surface area (Å²) in [6, 6.07) is 4.58. The van der Waals surface area contributed by atoms with Crippen molar-refractivity contribution in [3.05, 3.63) is 29.6 Å². The minimum atomic E-state index is -0.465. The van der Waals surface area contributed by atoms with E-state index in [0.29, 0.717) is 29.8 Å². The van der Waals surface area contributed by atoms with Crippen molar-refractivity contribution in [1.82, 2.24) is 15.5 Å². The van der Waals surface area contributed by atoms with Crippen LogP contribution in [0, 0.1) is 11.7 Å². The zero-order chi connectivity index (χ0) is 18.2. The van der Waals surface area contributed by atoms with Gasteiger partial charge >= 0.3 is 0 Å². The Morgan fingerprint density at radius 1 is 1.32 bits per heavy atom. The fourth-order valence-corrected chi connectivity index (χ4v) is 3.08. The molecule has 0 spiro atoms. The zero-order valence-electron chi connectivity index (χ0n) is 15.5. The van der Waals surface area contributed by atoms with Crippen LogP contribution in [0.25, 0.3) is 0 Å². The second kappa shape index (κ2) is 9.73. The predicted molar refractivity (Wildman–Crippen MR) is 97.6 cm³/mol. The normalized spacial score (nSPS) is 16.2. The van der Waals surface area contributed by atoms with Crippen LogP contribution in [0.5, 0.6) is 5.75 Å². The molecule has 2 rings (SSSR count). The number of nitrogens with one attached hydrogen (secondary N) is 2. The Balaban J connectivity index is 1.72. The van der Waals surface area contributed by atoms with E-state index in [0.717, 1.165) is 39.0 Å². The summed E-state index contributed by atoms with van der Waals surface area (Å²) in [7, 11) is 1.46. The van der Waals surface area contributed by atoms with E-state index in [1.54, 1.807) is 6.07 Å². The van der Waals surface area contributed by atoms with Crippen LogP contribution < -0.4 is 15.4 Å². The fraction of sp³-hybridized carbons (Fsp3) is 0.632. The highest BCUT2D eigenvalue weighted by molar-refractivity contribution is 5.94. The third-order valence-corrected chi connectivity index (χ3v) is 4.61. The molecule has 5 nitrogen and oxygen atoms in total. The second-order valence-electron chi connectivity index (χ2n) is 6.98. The molecule has 0 aromatic heterocycles. The smallest absolute Gasteiger partial charge is 0.251 e. The number of amides is 1. The van der Waals surface area contributed by atoms with Gasteiger partial charge in [-0.1, -0.05) is 13.8 Å². The molecule has 140 valence electrons. The molecule has 1 aliphatic rings. The Bertz CT molecular complexity index is 558. The van der Waals surface area contributed by atoms with Crippen LogP contribution in [0.2, 0.25) is 0 Å². The summed E-state index contributed by atoms with van der Waals surface area (Å²) in [6.45, 7) is 9.16. The van der Waals surface area contributed by atoms with Gasteiger partial charge in [-0.25, -0.2) is 4.39 Å². The highest BCUT2D eigenvalue weighted by Crippen LogP contribution is 2.18. The topological polar surface area (TPSA) is 53.6 Å². The molecule has 0 unspecified atom stereocenters. The molecule has 1 saturated heterocycles. The molecule has 6 heteroatoms. The van der Waals surface area contributed by atoms with E-state index in [4.69, 9.17) is 4.74 Å². The van der Waals surface area contributed by atoms with Crippen molar-refractivity contribution in [3.63, 3.8) is 0 Å². The van der Waals surface area contributed by atoms with E-state index >= 15 is 0 Å². The third kappa shape index (κ3) is 6.63. The largest absolute Gasteiger partial charge is 0.497 e. The monoisotopic (exact) mass is 351 g/mol. The van der Waals surface area contributed by atoms with Gasteiger partial charge in [-0.2, -0.15) is 0 Å². The standard InChI is InChI=1S/C19H30FN3O2/c1-14(2)21-6-9-23-7-4-15(5-8-23)13-22-19(24)16-10-17(20)12-18(11-16)25-3/h10-12,14-15,21H,4-9,13H2,1-3H3,(H,22,24). The SMILES string of the molecule is COc1cc(F)cc(C(=O)NCC2CCN(CCNC(C)C)CC2)c1. The average Bonchev–Trinajstić information content (AvgIpc) is 2.59. The first-order chi connectivity index (χ1) is 12.0. The van der Waals surface area contributed by atoms with Gasteiger partial charge in [0.05, 0.1) is 7.11 Å². The summed E-state index contributed by atoms with van der Waals surface area (Å²) < 4.78 is 18.5. The lowest BCUT2D eigenvalue weighted by atomic mass is 9.96. The van der Waals surface area contributed by atoms with Gasteiger partial charge in [-0.3, -0.25) is 4.79 Å². The summed E-state index contributed by atoms with van der Waals surface area (Å²) in [4.78, 5) is 14.7. The van der Waals surface area contributed by atoms with Crippen molar-refractivity contribution in [1.29, 1.82) is 0 Å². The number of rotatable bonds is 8. The van der Waals surface area contributed by atoms with E-state index in [1.165, 1.54) is 19.2 Å². The Labute approximate surface area is 149 Å².